The summed E-state index contributed by atoms with van der Waals surface area (Å²) in [5, 5.41) is 9.50. The highest BCUT2D eigenvalue weighted by molar-refractivity contribution is 5.88. The van der Waals surface area contributed by atoms with Gasteiger partial charge >= 0.3 is 0 Å². The third-order valence-electron chi connectivity index (χ3n) is 4.15. The fourth-order valence-corrected chi connectivity index (χ4v) is 2.63. The van der Waals surface area contributed by atoms with Crippen molar-refractivity contribution >= 4 is 17.5 Å². The van der Waals surface area contributed by atoms with Crippen LogP contribution < -0.4 is 15.4 Å². The SMILES string of the molecule is COc1ccc(-c2noc(CCC(=O)NCc3ccc(NC(C)=O)cc3)n2)cc1. The molecular weight excluding hydrogens is 372 g/mol. The minimum absolute atomic E-state index is 0.111. The molecule has 8 nitrogen and oxygen atoms in total. The number of ether oxygens (including phenoxy) is 1. The molecule has 0 saturated carbocycles. The maximum atomic E-state index is 12.1. The summed E-state index contributed by atoms with van der Waals surface area (Å²) in [5.74, 6) is 1.40. The Morgan fingerprint density at radius 3 is 2.45 bits per heavy atom. The van der Waals surface area contributed by atoms with E-state index in [0.717, 1.165) is 22.6 Å². The number of amides is 2. The molecule has 29 heavy (non-hydrogen) atoms. The first kappa shape index (κ1) is 20.1. The number of carbonyl (C=O) groups is 2. The van der Waals surface area contributed by atoms with Gasteiger partial charge in [0.2, 0.25) is 23.5 Å². The Labute approximate surface area is 168 Å². The number of methoxy groups -OCH3 is 1. The zero-order valence-corrected chi connectivity index (χ0v) is 16.3. The van der Waals surface area contributed by atoms with E-state index in [1.165, 1.54) is 6.92 Å². The second-order valence-corrected chi connectivity index (χ2v) is 6.40. The van der Waals surface area contributed by atoms with Gasteiger partial charge in [-0.15, -0.1) is 0 Å². The van der Waals surface area contributed by atoms with Crippen LogP contribution in [0.3, 0.4) is 0 Å². The number of benzene rings is 2. The van der Waals surface area contributed by atoms with Crippen LogP contribution >= 0.6 is 0 Å². The van der Waals surface area contributed by atoms with Crippen LogP contribution in [0.1, 0.15) is 24.8 Å². The van der Waals surface area contributed by atoms with Crippen LogP contribution in [0.2, 0.25) is 0 Å². The van der Waals surface area contributed by atoms with Crippen LogP contribution in [0.5, 0.6) is 5.75 Å². The quantitative estimate of drug-likeness (QED) is 0.608. The van der Waals surface area contributed by atoms with Gasteiger partial charge in [0.1, 0.15) is 5.75 Å². The minimum Gasteiger partial charge on any atom is -0.497 e. The zero-order valence-electron chi connectivity index (χ0n) is 16.3. The molecule has 2 amide bonds. The number of carbonyl (C=O) groups excluding carboxylic acids is 2. The lowest BCUT2D eigenvalue weighted by Crippen LogP contribution is -2.23. The van der Waals surface area contributed by atoms with Crippen LogP contribution in [0, 0.1) is 0 Å². The fourth-order valence-electron chi connectivity index (χ4n) is 2.63. The van der Waals surface area contributed by atoms with E-state index in [1.54, 1.807) is 19.2 Å². The van der Waals surface area contributed by atoms with E-state index in [0.29, 0.717) is 24.7 Å². The summed E-state index contributed by atoms with van der Waals surface area (Å²) in [7, 11) is 1.60. The molecule has 0 unspecified atom stereocenters. The van der Waals surface area contributed by atoms with E-state index in [1.807, 2.05) is 36.4 Å². The van der Waals surface area contributed by atoms with Crippen molar-refractivity contribution in [3.8, 4) is 17.1 Å². The largest absolute Gasteiger partial charge is 0.497 e. The molecule has 3 rings (SSSR count). The van der Waals surface area contributed by atoms with E-state index < -0.39 is 0 Å². The van der Waals surface area contributed by atoms with Gasteiger partial charge in [0.05, 0.1) is 7.11 Å². The Morgan fingerprint density at radius 2 is 1.79 bits per heavy atom. The van der Waals surface area contributed by atoms with Gasteiger partial charge in [0, 0.05) is 37.6 Å². The Bertz CT molecular complexity index is 965. The highest BCUT2D eigenvalue weighted by Gasteiger charge is 2.11. The van der Waals surface area contributed by atoms with Crippen molar-refractivity contribution in [1.29, 1.82) is 0 Å². The second kappa shape index (κ2) is 9.50. The number of rotatable bonds is 8. The van der Waals surface area contributed by atoms with Gasteiger partial charge in [-0.2, -0.15) is 4.98 Å². The molecule has 0 saturated heterocycles. The van der Waals surface area contributed by atoms with Crippen molar-refractivity contribution in [2.45, 2.75) is 26.3 Å². The Hall–Kier alpha value is -3.68. The predicted octanol–water partition coefficient (Wildman–Crippen LogP) is 2.95. The molecule has 1 heterocycles. The third kappa shape index (κ3) is 5.90. The molecule has 0 spiro atoms. The van der Waals surface area contributed by atoms with E-state index in [9.17, 15) is 9.59 Å². The second-order valence-electron chi connectivity index (χ2n) is 6.40. The molecule has 0 radical (unpaired) electrons. The van der Waals surface area contributed by atoms with E-state index in [-0.39, 0.29) is 18.2 Å². The van der Waals surface area contributed by atoms with Crippen LogP contribution in [0.15, 0.2) is 53.1 Å². The first-order chi connectivity index (χ1) is 14.0. The molecule has 0 atom stereocenters. The molecule has 3 aromatic rings. The van der Waals surface area contributed by atoms with Gasteiger partial charge in [-0.05, 0) is 42.0 Å². The monoisotopic (exact) mass is 394 g/mol. The minimum atomic E-state index is -0.123. The Kier molecular flexibility index (Phi) is 6.57. The normalized spacial score (nSPS) is 10.4. The van der Waals surface area contributed by atoms with E-state index >= 15 is 0 Å². The van der Waals surface area contributed by atoms with Gasteiger partial charge in [-0.1, -0.05) is 17.3 Å². The molecule has 2 aromatic carbocycles. The summed E-state index contributed by atoms with van der Waals surface area (Å²) in [4.78, 5) is 27.4. The number of anilines is 1. The van der Waals surface area contributed by atoms with Crippen molar-refractivity contribution in [2.75, 3.05) is 12.4 Å². The maximum absolute atomic E-state index is 12.1. The molecule has 8 heteroatoms. The smallest absolute Gasteiger partial charge is 0.227 e. The maximum Gasteiger partial charge on any atom is 0.227 e. The first-order valence-electron chi connectivity index (χ1n) is 9.14. The molecule has 2 N–H and O–H groups in total. The molecular formula is C21H22N4O4. The summed E-state index contributed by atoms with van der Waals surface area (Å²) in [6.45, 7) is 1.86. The van der Waals surface area contributed by atoms with Gasteiger partial charge in [-0.25, -0.2) is 0 Å². The van der Waals surface area contributed by atoms with Gasteiger partial charge in [0.25, 0.3) is 0 Å². The lowest BCUT2D eigenvalue weighted by Gasteiger charge is -2.06. The fraction of sp³-hybridized carbons (Fsp3) is 0.238. The van der Waals surface area contributed by atoms with Crippen LogP contribution in [-0.4, -0.2) is 29.1 Å². The average molecular weight is 394 g/mol. The summed E-state index contributed by atoms with van der Waals surface area (Å²) in [6.07, 6.45) is 0.602. The number of nitrogens with zero attached hydrogens (tertiary/aromatic N) is 2. The van der Waals surface area contributed by atoms with Gasteiger partial charge < -0.3 is 19.9 Å². The molecule has 0 aliphatic carbocycles. The highest BCUT2D eigenvalue weighted by atomic mass is 16.5. The Balaban J connectivity index is 1.45. The molecule has 150 valence electrons. The average Bonchev–Trinajstić information content (AvgIpc) is 3.20. The molecule has 1 aromatic heterocycles. The lowest BCUT2D eigenvalue weighted by molar-refractivity contribution is -0.121. The summed E-state index contributed by atoms with van der Waals surface area (Å²) >= 11 is 0. The topological polar surface area (TPSA) is 106 Å². The van der Waals surface area contributed by atoms with Crippen molar-refractivity contribution in [3.63, 3.8) is 0 Å². The lowest BCUT2D eigenvalue weighted by atomic mass is 10.2. The van der Waals surface area contributed by atoms with E-state index in [2.05, 4.69) is 20.8 Å². The van der Waals surface area contributed by atoms with Crippen LogP contribution in [0.4, 0.5) is 5.69 Å². The van der Waals surface area contributed by atoms with Crippen molar-refractivity contribution in [1.82, 2.24) is 15.5 Å². The summed E-state index contributed by atoms with van der Waals surface area (Å²) in [5.41, 5.74) is 2.47. The van der Waals surface area contributed by atoms with Crippen LogP contribution in [0.25, 0.3) is 11.4 Å². The van der Waals surface area contributed by atoms with Crippen molar-refractivity contribution in [2.24, 2.45) is 0 Å². The predicted molar refractivity (Wildman–Crippen MR) is 107 cm³/mol. The van der Waals surface area contributed by atoms with E-state index in [4.69, 9.17) is 9.26 Å². The number of nitrogens with one attached hydrogen (secondary N) is 2. The first-order valence-corrected chi connectivity index (χ1v) is 9.14. The van der Waals surface area contributed by atoms with Crippen LogP contribution in [-0.2, 0) is 22.6 Å². The number of aromatic nitrogens is 2. The molecule has 0 aliphatic heterocycles. The number of aryl methyl sites for hydroxylation is 1. The summed E-state index contributed by atoms with van der Waals surface area (Å²) < 4.78 is 10.4. The highest BCUT2D eigenvalue weighted by Crippen LogP contribution is 2.20. The Morgan fingerprint density at radius 1 is 1.07 bits per heavy atom. The standard InChI is InChI=1S/C21H22N4O4/c1-14(26)23-17-7-3-15(4-8-17)13-22-19(27)11-12-20-24-21(25-29-20)16-5-9-18(28-2)10-6-16/h3-10H,11-13H2,1-2H3,(H,22,27)(H,23,26). The molecule has 0 fully saturated rings. The van der Waals surface area contributed by atoms with Crippen molar-refractivity contribution in [3.05, 3.63) is 60.0 Å². The summed E-state index contributed by atoms with van der Waals surface area (Å²) in [6, 6.07) is 14.6. The number of hydrogen-bond donors (Lipinski definition) is 2. The zero-order chi connectivity index (χ0) is 20.6. The van der Waals surface area contributed by atoms with Crippen molar-refractivity contribution < 1.29 is 18.8 Å². The van der Waals surface area contributed by atoms with Gasteiger partial charge in [-0.3, -0.25) is 9.59 Å². The number of hydrogen-bond acceptors (Lipinski definition) is 6. The molecule has 0 bridgehead atoms. The molecule has 0 aliphatic rings. The van der Waals surface area contributed by atoms with Gasteiger partial charge in [0.15, 0.2) is 0 Å². The third-order valence-corrected chi connectivity index (χ3v) is 4.15.